The SMILES string of the molecule is Cc1ccc(Br)c(NC(=O)NC(=O)CCCC(=O)O)c1. The number of amides is 3. The number of anilines is 1. The summed E-state index contributed by atoms with van der Waals surface area (Å²) < 4.78 is 0.705. The van der Waals surface area contributed by atoms with Crippen LogP contribution in [0.25, 0.3) is 0 Å². The second-order valence-electron chi connectivity index (χ2n) is 4.23. The van der Waals surface area contributed by atoms with E-state index in [2.05, 4.69) is 26.6 Å². The molecule has 0 aliphatic heterocycles. The van der Waals surface area contributed by atoms with Gasteiger partial charge in [0.25, 0.3) is 0 Å². The van der Waals surface area contributed by atoms with Crippen molar-refractivity contribution >= 4 is 39.5 Å². The number of carbonyl (C=O) groups is 3. The Balaban J connectivity index is 2.45. The minimum atomic E-state index is -0.967. The minimum absolute atomic E-state index is 0.00525. The third-order valence-electron chi connectivity index (χ3n) is 2.42. The predicted molar refractivity (Wildman–Crippen MR) is 77.5 cm³/mol. The van der Waals surface area contributed by atoms with Crippen molar-refractivity contribution in [1.29, 1.82) is 0 Å². The summed E-state index contributed by atoms with van der Waals surface area (Å²) in [6.07, 6.45) is 0.0930. The zero-order valence-corrected chi connectivity index (χ0v) is 12.5. The third-order valence-corrected chi connectivity index (χ3v) is 3.11. The number of hydrogen-bond acceptors (Lipinski definition) is 3. The van der Waals surface area contributed by atoms with Crippen LogP contribution in [0.1, 0.15) is 24.8 Å². The summed E-state index contributed by atoms with van der Waals surface area (Å²) in [5, 5.41) is 13.1. The van der Waals surface area contributed by atoms with Crippen molar-refractivity contribution in [3.63, 3.8) is 0 Å². The Hall–Kier alpha value is -1.89. The Kier molecular flexibility index (Phi) is 6.17. The van der Waals surface area contributed by atoms with E-state index in [0.29, 0.717) is 10.2 Å². The van der Waals surface area contributed by atoms with Crippen molar-refractivity contribution in [1.82, 2.24) is 5.32 Å². The van der Waals surface area contributed by atoms with Crippen molar-refractivity contribution in [2.45, 2.75) is 26.2 Å². The molecule has 0 aliphatic rings. The van der Waals surface area contributed by atoms with Crippen LogP contribution in [-0.2, 0) is 9.59 Å². The summed E-state index contributed by atoms with van der Waals surface area (Å²) in [6, 6.07) is 4.79. The van der Waals surface area contributed by atoms with Crippen molar-refractivity contribution in [3.05, 3.63) is 28.2 Å². The summed E-state index contributed by atoms with van der Waals surface area (Å²) in [5.74, 6) is -1.47. The zero-order valence-electron chi connectivity index (χ0n) is 10.9. The molecular weight excluding hydrogens is 328 g/mol. The summed E-state index contributed by atoms with van der Waals surface area (Å²) >= 11 is 3.29. The van der Waals surface area contributed by atoms with Crippen molar-refractivity contribution < 1.29 is 19.5 Å². The number of carbonyl (C=O) groups excluding carboxylic acids is 2. The number of carboxylic acids is 1. The number of halogens is 1. The van der Waals surface area contributed by atoms with Gasteiger partial charge in [-0.05, 0) is 47.0 Å². The maximum absolute atomic E-state index is 11.6. The Labute approximate surface area is 124 Å². The van der Waals surface area contributed by atoms with Crippen LogP contribution < -0.4 is 10.6 Å². The van der Waals surface area contributed by atoms with Crippen LogP contribution in [0.2, 0.25) is 0 Å². The monoisotopic (exact) mass is 342 g/mol. The topological polar surface area (TPSA) is 95.5 Å². The highest BCUT2D eigenvalue weighted by atomic mass is 79.9. The van der Waals surface area contributed by atoms with Gasteiger partial charge in [0.05, 0.1) is 5.69 Å². The number of benzene rings is 1. The summed E-state index contributed by atoms with van der Waals surface area (Å²) in [6.45, 7) is 1.88. The van der Waals surface area contributed by atoms with Crippen LogP contribution in [0, 0.1) is 6.92 Å². The molecule has 3 amide bonds. The predicted octanol–water partition coefficient (Wildman–Crippen LogP) is 2.66. The third kappa shape index (κ3) is 5.83. The van der Waals surface area contributed by atoms with Gasteiger partial charge < -0.3 is 10.4 Å². The lowest BCUT2D eigenvalue weighted by Gasteiger charge is -2.09. The molecule has 0 spiro atoms. The van der Waals surface area contributed by atoms with Gasteiger partial charge in [-0.2, -0.15) is 0 Å². The smallest absolute Gasteiger partial charge is 0.325 e. The van der Waals surface area contributed by atoms with Gasteiger partial charge >= 0.3 is 12.0 Å². The molecule has 20 heavy (non-hydrogen) atoms. The highest BCUT2D eigenvalue weighted by Gasteiger charge is 2.10. The first-order valence-electron chi connectivity index (χ1n) is 5.97. The average Bonchev–Trinajstić information content (AvgIpc) is 2.33. The molecule has 0 fully saturated rings. The van der Waals surface area contributed by atoms with E-state index in [9.17, 15) is 14.4 Å². The van der Waals surface area contributed by atoms with E-state index in [1.165, 1.54) is 0 Å². The Bertz CT molecular complexity index is 531. The molecule has 0 aromatic heterocycles. The number of rotatable bonds is 5. The fourth-order valence-electron chi connectivity index (χ4n) is 1.48. The molecule has 0 heterocycles. The molecular formula is C13H15BrN2O4. The quantitative estimate of drug-likeness (QED) is 0.766. The summed E-state index contributed by atoms with van der Waals surface area (Å²) in [4.78, 5) is 33.3. The maximum atomic E-state index is 11.6. The van der Waals surface area contributed by atoms with Crippen LogP contribution in [0.4, 0.5) is 10.5 Å². The first-order valence-corrected chi connectivity index (χ1v) is 6.76. The van der Waals surface area contributed by atoms with Crippen LogP contribution in [-0.4, -0.2) is 23.0 Å². The maximum Gasteiger partial charge on any atom is 0.325 e. The van der Waals surface area contributed by atoms with E-state index in [-0.39, 0.29) is 19.3 Å². The average molecular weight is 343 g/mol. The molecule has 7 heteroatoms. The van der Waals surface area contributed by atoms with Crippen LogP contribution in [0.15, 0.2) is 22.7 Å². The van der Waals surface area contributed by atoms with Gasteiger partial charge in [-0.1, -0.05) is 6.07 Å². The summed E-state index contributed by atoms with van der Waals surface area (Å²) in [5.41, 5.74) is 1.53. The molecule has 0 saturated heterocycles. The Morgan fingerprint density at radius 2 is 1.95 bits per heavy atom. The summed E-state index contributed by atoms with van der Waals surface area (Å²) in [7, 11) is 0. The molecule has 0 radical (unpaired) electrons. The van der Waals surface area contributed by atoms with E-state index in [1.807, 2.05) is 13.0 Å². The van der Waals surface area contributed by atoms with Crippen LogP contribution in [0.5, 0.6) is 0 Å². The van der Waals surface area contributed by atoms with Crippen LogP contribution >= 0.6 is 15.9 Å². The molecule has 108 valence electrons. The number of aryl methyl sites for hydroxylation is 1. The molecule has 0 saturated carbocycles. The lowest BCUT2D eigenvalue weighted by atomic mass is 10.2. The molecule has 3 N–H and O–H groups in total. The molecule has 0 atom stereocenters. The molecule has 1 rings (SSSR count). The molecule has 0 bridgehead atoms. The van der Waals surface area contributed by atoms with Gasteiger partial charge in [-0.15, -0.1) is 0 Å². The normalized spacial score (nSPS) is 9.90. The second kappa shape index (κ2) is 7.64. The Morgan fingerprint density at radius 3 is 2.60 bits per heavy atom. The molecule has 0 aliphatic carbocycles. The standard InChI is InChI=1S/C13H15BrN2O4/c1-8-5-6-9(14)10(7-8)15-13(20)16-11(17)3-2-4-12(18)19/h5-7H,2-4H2,1H3,(H,18,19)(H2,15,16,17,20). The van der Waals surface area contributed by atoms with Gasteiger partial charge in [0.2, 0.25) is 5.91 Å². The zero-order chi connectivity index (χ0) is 15.1. The van der Waals surface area contributed by atoms with E-state index >= 15 is 0 Å². The second-order valence-corrected chi connectivity index (χ2v) is 5.09. The molecule has 1 aromatic carbocycles. The van der Waals surface area contributed by atoms with Gasteiger partial charge in [0.15, 0.2) is 0 Å². The largest absolute Gasteiger partial charge is 0.481 e. The van der Waals surface area contributed by atoms with E-state index in [1.54, 1.807) is 12.1 Å². The van der Waals surface area contributed by atoms with Crippen molar-refractivity contribution in [2.24, 2.45) is 0 Å². The lowest BCUT2D eigenvalue weighted by Crippen LogP contribution is -2.34. The van der Waals surface area contributed by atoms with E-state index in [4.69, 9.17) is 5.11 Å². The molecule has 1 aromatic rings. The fraction of sp³-hybridized carbons (Fsp3) is 0.308. The first kappa shape index (κ1) is 16.2. The van der Waals surface area contributed by atoms with Crippen molar-refractivity contribution in [3.8, 4) is 0 Å². The highest BCUT2D eigenvalue weighted by molar-refractivity contribution is 9.10. The number of carboxylic acid groups (broad SMARTS) is 1. The van der Waals surface area contributed by atoms with Gasteiger partial charge in [-0.3, -0.25) is 14.9 Å². The molecule has 6 nitrogen and oxygen atoms in total. The number of imide groups is 1. The van der Waals surface area contributed by atoms with E-state index in [0.717, 1.165) is 5.56 Å². The van der Waals surface area contributed by atoms with Crippen molar-refractivity contribution in [2.75, 3.05) is 5.32 Å². The number of aliphatic carboxylic acids is 1. The highest BCUT2D eigenvalue weighted by Crippen LogP contribution is 2.23. The fourth-order valence-corrected chi connectivity index (χ4v) is 1.82. The number of hydrogen-bond donors (Lipinski definition) is 3. The van der Waals surface area contributed by atoms with E-state index < -0.39 is 17.9 Å². The van der Waals surface area contributed by atoms with Gasteiger partial charge in [0, 0.05) is 17.3 Å². The Morgan fingerprint density at radius 1 is 1.25 bits per heavy atom. The van der Waals surface area contributed by atoms with Gasteiger partial charge in [-0.25, -0.2) is 4.79 Å². The number of urea groups is 1. The number of nitrogens with one attached hydrogen (secondary N) is 2. The first-order chi connectivity index (χ1) is 9.38. The molecule has 0 unspecified atom stereocenters. The van der Waals surface area contributed by atoms with Crippen LogP contribution in [0.3, 0.4) is 0 Å². The minimum Gasteiger partial charge on any atom is -0.481 e. The van der Waals surface area contributed by atoms with Gasteiger partial charge in [0.1, 0.15) is 0 Å². The lowest BCUT2D eigenvalue weighted by molar-refractivity contribution is -0.137.